The van der Waals surface area contributed by atoms with Gasteiger partial charge in [0.2, 0.25) is 0 Å². The van der Waals surface area contributed by atoms with Crippen LogP contribution in [0.2, 0.25) is 0 Å². The molecule has 0 saturated heterocycles. The highest BCUT2D eigenvalue weighted by molar-refractivity contribution is 5.76. The molecule has 0 radical (unpaired) electrons. The molecule has 2 atom stereocenters. The molecule has 2 N–H and O–H groups in total. The highest BCUT2D eigenvalue weighted by Crippen LogP contribution is 2.18. The molecule has 1 unspecified atom stereocenters. The van der Waals surface area contributed by atoms with E-state index in [1.807, 2.05) is 20.8 Å². The van der Waals surface area contributed by atoms with Crippen molar-refractivity contribution in [3.8, 4) is 0 Å². The van der Waals surface area contributed by atoms with Gasteiger partial charge in [-0.05, 0) is 17.8 Å². The third-order valence-electron chi connectivity index (χ3n) is 2.48. The van der Waals surface area contributed by atoms with Crippen molar-refractivity contribution in [1.82, 2.24) is 0 Å². The van der Waals surface area contributed by atoms with E-state index in [9.17, 15) is 4.79 Å². The number of carbonyl (C=O) groups excluding carboxylic acids is 1. The van der Waals surface area contributed by atoms with Gasteiger partial charge in [0.1, 0.15) is 6.04 Å². The van der Waals surface area contributed by atoms with Crippen LogP contribution in [0.3, 0.4) is 0 Å². The van der Waals surface area contributed by atoms with Crippen LogP contribution in [0.15, 0.2) is 0 Å². The van der Waals surface area contributed by atoms with E-state index in [0.717, 1.165) is 12.8 Å². The maximum atomic E-state index is 11.6. The Balaban J connectivity index is 3.94. The largest absolute Gasteiger partial charge is 0.464 e. The van der Waals surface area contributed by atoms with Gasteiger partial charge in [-0.1, -0.05) is 41.0 Å². The van der Waals surface area contributed by atoms with E-state index in [2.05, 4.69) is 13.8 Å². The van der Waals surface area contributed by atoms with Crippen LogP contribution in [-0.4, -0.2) is 18.6 Å². The molecule has 0 bridgehead atoms. The van der Waals surface area contributed by atoms with E-state index >= 15 is 0 Å². The average molecular weight is 215 g/mol. The quantitative estimate of drug-likeness (QED) is 0.716. The summed E-state index contributed by atoms with van der Waals surface area (Å²) in [4.78, 5) is 11.6. The average Bonchev–Trinajstić information content (AvgIpc) is 2.12. The third-order valence-corrected chi connectivity index (χ3v) is 2.48. The van der Waals surface area contributed by atoms with Gasteiger partial charge < -0.3 is 10.5 Å². The topological polar surface area (TPSA) is 52.3 Å². The van der Waals surface area contributed by atoms with Gasteiger partial charge in [0, 0.05) is 0 Å². The van der Waals surface area contributed by atoms with Crippen LogP contribution < -0.4 is 5.73 Å². The van der Waals surface area contributed by atoms with Gasteiger partial charge in [0.05, 0.1) is 6.61 Å². The second-order valence-electron chi connectivity index (χ2n) is 5.37. The van der Waals surface area contributed by atoms with Crippen molar-refractivity contribution >= 4 is 5.97 Å². The maximum absolute atomic E-state index is 11.6. The Hall–Kier alpha value is -0.570. The Morgan fingerprint density at radius 3 is 2.33 bits per heavy atom. The van der Waals surface area contributed by atoms with Gasteiger partial charge in [0.15, 0.2) is 0 Å². The van der Waals surface area contributed by atoms with Crippen LogP contribution in [0, 0.1) is 11.3 Å². The minimum atomic E-state index is -0.536. The molecule has 0 aliphatic heterocycles. The minimum absolute atomic E-state index is 0.231. The van der Waals surface area contributed by atoms with Crippen molar-refractivity contribution in [3.63, 3.8) is 0 Å². The highest BCUT2D eigenvalue weighted by atomic mass is 16.5. The maximum Gasteiger partial charge on any atom is 0.323 e. The van der Waals surface area contributed by atoms with Gasteiger partial charge in [-0.25, -0.2) is 0 Å². The molecule has 0 aromatic rings. The molecule has 3 nitrogen and oxygen atoms in total. The fourth-order valence-corrected chi connectivity index (χ4v) is 1.24. The summed E-state index contributed by atoms with van der Waals surface area (Å²) in [6.45, 7) is 10.5. The minimum Gasteiger partial charge on any atom is -0.464 e. The molecule has 0 amide bonds. The first-order chi connectivity index (χ1) is 6.79. The Kier molecular flexibility index (Phi) is 5.88. The number of nitrogens with two attached hydrogens (primary N) is 1. The van der Waals surface area contributed by atoms with Gasteiger partial charge in [-0.15, -0.1) is 0 Å². The van der Waals surface area contributed by atoms with Crippen molar-refractivity contribution in [2.45, 2.75) is 53.5 Å². The zero-order chi connectivity index (χ0) is 12.1. The van der Waals surface area contributed by atoms with Gasteiger partial charge in [0.25, 0.3) is 0 Å². The van der Waals surface area contributed by atoms with E-state index in [0.29, 0.717) is 12.5 Å². The van der Waals surface area contributed by atoms with Gasteiger partial charge in [-0.2, -0.15) is 0 Å². The Labute approximate surface area is 93.4 Å². The lowest BCUT2D eigenvalue weighted by Gasteiger charge is -2.25. The van der Waals surface area contributed by atoms with Crippen molar-refractivity contribution in [1.29, 1.82) is 0 Å². The van der Waals surface area contributed by atoms with Crippen molar-refractivity contribution in [2.24, 2.45) is 17.1 Å². The molecule has 90 valence electrons. The molecule has 0 spiro atoms. The molecular weight excluding hydrogens is 190 g/mol. The normalized spacial score (nSPS) is 15.9. The molecule has 0 aliphatic carbocycles. The Bertz CT molecular complexity index is 196. The molecule has 0 aromatic carbocycles. The zero-order valence-corrected chi connectivity index (χ0v) is 10.7. The number of ether oxygens (including phenoxy) is 1. The number of hydrogen-bond donors (Lipinski definition) is 1. The van der Waals surface area contributed by atoms with Crippen molar-refractivity contribution in [2.75, 3.05) is 6.61 Å². The van der Waals surface area contributed by atoms with Crippen LogP contribution in [0.4, 0.5) is 0 Å². The summed E-state index contributed by atoms with van der Waals surface area (Å²) in [7, 11) is 0. The van der Waals surface area contributed by atoms with Gasteiger partial charge in [-0.3, -0.25) is 4.79 Å². The smallest absolute Gasteiger partial charge is 0.323 e. The summed E-state index contributed by atoms with van der Waals surface area (Å²) >= 11 is 0. The molecular formula is C12H25NO2. The van der Waals surface area contributed by atoms with Gasteiger partial charge >= 0.3 is 5.97 Å². The molecule has 0 fully saturated rings. The number of esters is 1. The number of hydrogen-bond acceptors (Lipinski definition) is 3. The lowest BCUT2D eigenvalue weighted by molar-refractivity contribution is -0.149. The van der Waals surface area contributed by atoms with Crippen LogP contribution in [-0.2, 0) is 9.53 Å². The predicted molar refractivity (Wildman–Crippen MR) is 62.5 cm³/mol. The summed E-state index contributed by atoms with van der Waals surface area (Å²) in [5.41, 5.74) is 5.55. The molecule has 0 aliphatic rings. The first-order valence-electron chi connectivity index (χ1n) is 5.71. The first kappa shape index (κ1) is 14.4. The second-order valence-corrected chi connectivity index (χ2v) is 5.37. The highest BCUT2D eigenvalue weighted by Gasteiger charge is 2.28. The van der Waals surface area contributed by atoms with E-state index in [-0.39, 0.29) is 11.4 Å². The summed E-state index contributed by atoms with van der Waals surface area (Å²) in [5.74, 6) is 0.136. The van der Waals surface area contributed by atoms with Crippen LogP contribution in [0.1, 0.15) is 47.5 Å². The first-order valence-corrected chi connectivity index (χ1v) is 5.71. The Morgan fingerprint density at radius 2 is 1.93 bits per heavy atom. The van der Waals surface area contributed by atoms with E-state index in [4.69, 9.17) is 10.5 Å². The van der Waals surface area contributed by atoms with E-state index in [1.165, 1.54) is 0 Å². The fourth-order valence-electron chi connectivity index (χ4n) is 1.24. The second kappa shape index (κ2) is 6.11. The SMILES string of the molecule is CCCC(C)COC(=O)[C@@H](N)C(C)(C)C. The standard InChI is InChI=1S/C12H25NO2/c1-6-7-9(2)8-15-11(14)10(13)12(3,4)5/h9-10H,6-8,13H2,1-5H3/t9?,10-/m1/s1. The Morgan fingerprint density at radius 1 is 1.40 bits per heavy atom. The van der Waals surface area contributed by atoms with E-state index < -0.39 is 6.04 Å². The van der Waals surface area contributed by atoms with Crippen molar-refractivity contribution < 1.29 is 9.53 Å². The zero-order valence-electron chi connectivity index (χ0n) is 10.7. The summed E-state index contributed by atoms with van der Waals surface area (Å²) < 4.78 is 5.18. The summed E-state index contributed by atoms with van der Waals surface area (Å²) in [6.07, 6.45) is 2.20. The lowest BCUT2D eigenvalue weighted by atomic mass is 9.87. The molecule has 15 heavy (non-hydrogen) atoms. The molecule has 0 heterocycles. The molecule has 3 heteroatoms. The van der Waals surface area contributed by atoms with Crippen LogP contribution >= 0.6 is 0 Å². The van der Waals surface area contributed by atoms with Crippen LogP contribution in [0.5, 0.6) is 0 Å². The molecule has 0 saturated carbocycles. The third kappa shape index (κ3) is 5.78. The van der Waals surface area contributed by atoms with Crippen LogP contribution in [0.25, 0.3) is 0 Å². The molecule has 0 aromatic heterocycles. The van der Waals surface area contributed by atoms with Crippen molar-refractivity contribution in [3.05, 3.63) is 0 Å². The number of rotatable bonds is 5. The number of carbonyl (C=O) groups is 1. The monoisotopic (exact) mass is 215 g/mol. The fraction of sp³-hybridized carbons (Fsp3) is 0.917. The predicted octanol–water partition coefficient (Wildman–Crippen LogP) is 2.34. The lowest BCUT2D eigenvalue weighted by Crippen LogP contribution is -2.43. The summed E-state index contributed by atoms with van der Waals surface area (Å²) in [6, 6.07) is -0.536. The van der Waals surface area contributed by atoms with E-state index in [1.54, 1.807) is 0 Å². The summed E-state index contributed by atoms with van der Waals surface area (Å²) in [5, 5.41) is 0. The molecule has 0 rings (SSSR count).